The number of benzene rings is 1. The lowest BCUT2D eigenvalue weighted by Crippen LogP contribution is -2.43. The third-order valence-electron chi connectivity index (χ3n) is 2.71. The lowest BCUT2D eigenvalue weighted by molar-refractivity contribution is 0.0564. The number of morpholine rings is 1. The number of ether oxygens (including phenoxy) is 1. The Morgan fingerprint density at radius 1 is 1.41 bits per heavy atom. The van der Waals surface area contributed by atoms with Crippen LogP contribution in [0.2, 0.25) is 0 Å². The topological polar surface area (TPSA) is 67.6 Å². The van der Waals surface area contributed by atoms with Crippen molar-refractivity contribution >= 4 is 11.7 Å². The van der Waals surface area contributed by atoms with Gasteiger partial charge in [-0.05, 0) is 17.7 Å². The second kappa shape index (κ2) is 5.65. The largest absolute Gasteiger partial charge is 0.378 e. The molecule has 0 unspecified atom stereocenters. The van der Waals surface area contributed by atoms with E-state index in [0.717, 1.165) is 11.3 Å². The second-order valence-corrected chi connectivity index (χ2v) is 3.93. The number of rotatable bonds is 2. The van der Waals surface area contributed by atoms with Gasteiger partial charge in [-0.2, -0.15) is 0 Å². The Balaban J connectivity index is 1.96. The summed E-state index contributed by atoms with van der Waals surface area (Å²) in [5, 5.41) is 2.86. The van der Waals surface area contributed by atoms with Gasteiger partial charge in [-0.15, -0.1) is 0 Å². The Labute approximate surface area is 101 Å². The van der Waals surface area contributed by atoms with E-state index >= 15 is 0 Å². The van der Waals surface area contributed by atoms with E-state index in [0.29, 0.717) is 32.8 Å². The lowest BCUT2D eigenvalue weighted by atomic mass is 10.2. The first-order valence-corrected chi connectivity index (χ1v) is 5.72. The second-order valence-electron chi connectivity index (χ2n) is 3.93. The van der Waals surface area contributed by atoms with Gasteiger partial charge in [0.1, 0.15) is 0 Å². The smallest absolute Gasteiger partial charge is 0.321 e. The molecule has 5 nitrogen and oxygen atoms in total. The minimum atomic E-state index is -0.0810. The van der Waals surface area contributed by atoms with Crippen LogP contribution in [0.3, 0.4) is 0 Å². The molecule has 92 valence electrons. The third kappa shape index (κ3) is 3.18. The van der Waals surface area contributed by atoms with Gasteiger partial charge in [-0.25, -0.2) is 4.79 Å². The van der Waals surface area contributed by atoms with E-state index in [2.05, 4.69) is 5.32 Å². The van der Waals surface area contributed by atoms with Crippen molar-refractivity contribution in [3.63, 3.8) is 0 Å². The molecule has 1 saturated heterocycles. The molecule has 0 saturated carbocycles. The Morgan fingerprint density at radius 2 is 2.18 bits per heavy atom. The molecule has 1 fully saturated rings. The number of carbonyl (C=O) groups is 1. The van der Waals surface area contributed by atoms with Crippen molar-refractivity contribution in [3.8, 4) is 0 Å². The zero-order valence-corrected chi connectivity index (χ0v) is 9.69. The fourth-order valence-electron chi connectivity index (χ4n) is 1.75. The van der Waals surface area contributed by atoms with Crippen LogP contribution in [0.5, 0.6) is 0 Å². The number of nitrogens with one attached hydrogen (secondary N) is 1. The predicted molar refractivity (Wildman–Crippen MR) is 65.7 cm³/mol. The average Bonchev–Trinajstić information content (AvgIpc) is 2.40. The Morgan fingerprint density at radius 3 is 2.88 bits per heavy atom. The first kappa shape index (κ1) is 11.9. The Bertz CT molecular complexity index is 389. The van der Waals surface area contributed by atoms with E-state index in [1.807, 2.05) is 24.3 Å². The maximum Gasteiger partial charge on any atom is 0.321 e. The standard InChI is InChI=1S/C12H17N3O2/c13-9-10-2-1-3-11(8-10)14-12(16)15-4-6-17-7-5-15/h1-3,8H,4-7,9,13H2,(H,14,16). The number of anilines is 1. The number of hydrogen-bond donors (Lipinski definition) is 2. The van der Waals surface area contributed by atoms with Gasteiger partial charge >= 0.3 is 6.03 Å². The lowest BCUT2D eigenvalue weighted by Gasteiger charge is -2.27. The third-order valence-corrected chi connectivity index (χ3v) is 2.71. The molecule has 1 aromatic carbocycles. The van der Waals surface area contributed by atoms with Gasteiger partial charge in [0.15, 0.2) is 0 Å². The Hall–Kier alpha value is -1.59. The van der Waals surface area contributed by atoms with Crippen LogP contribution in [-0.4, -0.2) is 37.2 Å². The van der Waals surface area contributed by atoms with Gasteiger partial charge in [0, 0.05) is 25.3 Å². The molecule has 2 amide bonds. The molecule has 1 aromatic rings. The van der Waals surface area contributed by atoms with Crippen LogP contribution >= 0.6 is 0 Å². The van der Waals surface area contributed by atoms with E-state index in [1.165, 1.54) is 0 Å². The first-order valence-electron chi connectivity index (χ1n) is 5.72. The van der Waals surface area contributed by atoms with E-state index < -0.39 is 0 Å². The van der Waals surface area contributed by atoms with Crippen LogP contribution in [0, 0.1) is 0 Å². The highest BCUT2D eigenvalue weighted by atomic mass is 16.5. The number of hydrogen-bond acceptors (Lipinski definition) is 3. The highest BCUT2D eigenvalue weighted by Gasteiger charge is 2.16. The van der Waals surface area contributed by atoms with Crippen molar-refractivity contribution in [1.29, 1.82) is 0 Å². The van der Waals surface area contributed by atoms with Crippen molar-refractivity contribution in [2.75, 3.05) is 31.6 Å². The van der Waals surface area contributed by atoms with E-state index in [9.17, 15) is 4.79 Å². The molecule has 0 atom stereocenters. The van der Waals surface area contributed by atoms with Crippen molar-refractivity contribution in [2.45, 2.75) is 6.54 Å². The molecule has 1 heterocycles. The van der Waals surface area contributed by atoms with Crippen LogP contribution in [0.15, 0.2) is 24.3 Å². The molecule has 0 radical (unpaired) electrons. The minimum absolute atomic E-state index is 0.0810. The maximum absolute atomic E-state index is 11.9. The monoisotopic (exact) mass is 235 g/mol. The highest BCUT2D eigenvalue weighted by molar-refractivity contribution is 5.89. The van der Waals surface area contributed by atoms with Gasteiger partial charge in [0.25, 0.3) is 0 Å². The zero-order valence-electron chi connectivity index (χ0n) is 9.69. The predicted octanol–water partition coefficient (Wildman–Crippen LogP) is 1.01. The van der Waals surface area contributed by atoms with E-state index in [-0.39, 0.29) is 6.03 Å². The summed E-state index contributed by atoms with van der Waals surface area (Å²) in [6.45, 7) is 2.97. The van der Waals surface area contributed by atoms with Crippen molar-refractivity contribution in [2.24, 2.45) is 5.73 Å². The van der Waals surface area contributed by atoms with Crippen LogP contribution < -0.4 is 11.1 Å². The Kier molecular flexibility index (Phi) is 3.95. The molecule has 17 heavy (non-hydrogen) atoms. The van der Waals surface area contributed by atoms with Gasteiger partial charge in [0.2, 0.25) is 0 Å². The molecule has 5 heteroatoms. The summed E-state index contributed by atoms with van der Waals surface area (Å²) in [6.07, 6.45) is 0. The van der Waals surface area contributed by atoms with Crippen molar-refractivity contribution in [3.05, 3.63) is 29.8 Å². The number of amides is 2. The number of urea groups is 1. The maximum atomic E-state index is 11.9. The summed E-state index contributed by atoms with van der Waals surface area (Å²) >= 11 is 0. The number of nitrogens with two attached hydrogens (primary N) is 1. The van der Waals surface area contributed by atoms with Crippen LogP contribution in [0.4, 0.5) is 10.5 Å². The summed E-state index contributed by atoms with van der Waals surface area (Å²) in [6, 6.07) is 7.49. The molecule has 0 spiro atoms. The minimum Gasteiger partial charge on any atom is -0.378 e. The molecule has 1 aliphatic rings. The van der Waals surface area contributed by atoms with Gasteiger partial charge in [0.05, 0.1) is 13.2 Å². The van der Waals surface area contributed by atoms with Gasteiger partial charge < -0.3 is 20.7 Å². The molecule has 2 rings (SSSR count). The SMILES string of the molecule is NCc1cccc(NC(=O)N2CCOCC2)c1. The van der Waals surface area contributed by atoms with Gasteiger partial charge in [-0.3, -0.25) is 0 Å². The molecule has 0 aliphatic carbocycles. The van der Waals surface area contributed by atoms with Gasteiger partial charge in [-0.1, -0.05) is 12.1 Å². The fraction of sp³-hybridized carbons (Fsp3) is 0.417. The number of carbonyl (C=O) groups excluding carboxylic acids is 1. The quantitative estimate of drug-likeness (QED) is 0.804. The molecule has 0 aromatic heterocycles. The first-order chi connectivity index (χ1) is 8.29. The van der Waals surface area contributed by atoms with E-state index in [1.54, 1.807) is 4.90 Å². The van der Waals surface area contributed by atoms with E-state index in [4.69, 9.17) is 10.5 Å². The summed E-state index contributed by atoms with van der Waals surface area (Å²) in [5.74, 6) is 0. The van der Waals surface area contributed by atoms with Crippen molar-refractivity contribution < 1.29 is 9.53 Å². The molecule has 1 aliphatic heterocycles. The van der Waals surface area contributed by atoms with Crippen LogP contribution in [-0.2, 0) is 11.3 Å². The van der Waals surface area contributed by atoms with Crippen molar-refractivity contribution in [1.82, 2.24) is 4.90 Å². The highest BCUT2D eigenvalue weighted by Crippen LogP contribution is 2.11. The average molecular weight is 235 g/mol. The molecule has 3 N–H and O–H groups in total. The molecule has 0 bridgehead atoms. The van der Waals surface area contributed by atoms with Crippen LogP contribution in [0.1, 0.15) is 5.56 Å². The number of nitrogens with zero attached hydrogens (tertiary/aromatic N) is 1. The molecular formula is C12H17N3O2. The fourth-order valence-corrected chi connectivity index (χ4v) is 1.75. The summed E-state index contributed by atoms with van der Waals surface area (Å²) in [7, 11) is 0. The zero-order chi connectivity index (χ0) is 12.1. The normalized spacial score (nSPS) is 15.7. The summed E-state index contributed by atoms with van der Waals surface area (Å²) in [4.78, 5) is 13.6. The van der Waals surface area contributed by atoms with Crippen LogP contribution in [0.25, 0.3) is 0 Å². The summed E-state index contributed by atoms with van der Waals surface area (Å²) in [5.41, 5.74) is 7.34. The summed E-state index contributed by atoms with van der Waals surface area (Å²) < 4.78 is 5.20. The molecular weight excluding hydrogens is 218 g/mol.